The fourth-order valence-corrected chi connectivity index (χ4v) is 10.3. The van der Waals surface area contributed by atoms with Gasteiger partial charge in [0.15, 0.2) is 0 Å². The number of hydrogen-bond acceptors (Lipinski definition) is 5. The lowest BCUT2D eigenvalue weighted by atomic mass is 9.70. The smallest absolute Gasteiger partial charge is 0.244 e. The van der Waals surface area contributed by atoms with E-state index in [1.54, 1.807) is 16.7 Å². The lowest BCUT2D eigenvalue weighted by Gasteiger charge is -2.39. The molecule has 0 radical (unpaired) electrons. The Morgan fingerprint density at radius 2 is 1.86 bits per heavy atom. The second kappa shape index (κ2) is 10.9. The molecule has 2 bridgehead atoms. The quantitative estimate of drug-likeness (QED) is 0.259. The fourth-order valence-electron chi connectivity index (χ4n) is 6.68. The number of amides is 3. The number of carbonyl (C=O) groups excluding carboxylic acids is 3. The van der Waals surface area contributed by atoms with Gasteiger partial charge in [0, 0.05) is 35.3 Å². The van der Waals surface area contributed by atoms with Crippen molar-refractivity contribution < 1.29 is 19.5 Å². The van der Waals surface area contributed by atoms with Gasteiger partial charge >= 0.3 is 0 Å². The minimum atomic E-state index is -0.608. The molecule has 0 aliphatic carbocycles. The standard InChI is InChI=1S/C26H44BrN3O4S/c1-7-11-28-21(32)17-18-23(34)30(12-9-8-10-13-31)20(26(18)14-16(27)19(17)35-26)22(33)29-25(5,6)15-24(2,3)4/h16-20,31H,7-15H2,1-6H3,(H,28,32)(H,29,33)/t16?,17-,18-,19-,20?,26?/m0/s1. The number of fused-ring (bicyclic) bond motifs is 1. The minimum Gasteiger partial charge on any atom is -0.396 e. The van der Waals surface area contributed by atoms with Gasteiger partial charge in [-0.1, -0.05) is 43.6 Å². The number of rotatable bonds is 11. The van der Waals surface area contributed by atoms with Crippen LogP contribution in [-0.4, -0.2) is 73.8 Å². The molecular formula is C26H44BrN3O4S. The Labute approximate surface area is 223 Å². The molecule has 3 amide bonds. The molecule has 3 aliphatic rings. The zero-order chi connectivity index (χ0) is 26.2. The topological polar surface area (TPSA) is 98.7 Å². The molecule has 3 fully saturated rings. The Morgan fingerprint density at radius 1 is 1.17 bits per heavy atom. The number of unbranched alkanes of at least 4 members (excludes halogenated alkanes) is 2. The summed E-state index contributed by atoms with van der Waals surface area (Å²) in [4.78, 5) is 43.0. The molecule has 200 valence electrons. The summed E-state index contributed by atoms with van der Waals surface area (Å²) in [6.45, 7) is 13.7. The van der Waals surface area contributed by atoms with E-state index in [0.717, 1.165) is 25.7 Å². The summed E-state index contributed by atoms with van der Waals surface area (Å²) in [5.41, 5.74) is -0.389. The molecule has 0 saturated carbocycles. The summed E-state index contributed by atoms with van der Waals surface area (Å²) in [6.07, 6.45) is 4.53. The Morgan fingerprint density at radius 3 is 2.46 bits per heavy atom. The SMILES string of the molecule is CCCNC(=O)[C@H]1[C@H]2C(=O)N(CCCCCO)C(C(=O)NC(C)(C)CC(C)(C)C)C23CC(Br)[C@@H]1S3. The van der Waals surface area contributed by atoms with Gasteiger partial charge in [-0.05, 0) is 57.8 Å². The molecule has 6 atom stereocenters. The van der Waals surface area contributed by atoms with Crippen molar-refractivity contribution in [1.82, 2.24) is 15.5 Å². The molecule has 1 spiro atoms. The predicted molar refractivity (Wildman–Crippen MR) is 144 cm³/mol. The van der Waals surface area contributed by atoms with Gasteiger partial charge < -0.3 is 20.6 Å². The zero-order valence-corrected chi connectivity index (χ0v) is 24.6. The highest BCUT2D eigenvalue weighted by Crippen LogP contribution is 2.67. The van der Waals surface area contributed by atoms with Gasteiger partial charge in [0.1, 0.15) is 6.04 Å². The van der Waals surface area contributed by atoms with Crippen molar-refractivity contribution in [3.8, 4) is 0 Å². The second-order valence-electron chi connectivity index (χ2n) is 12.4. The monoisotopic (exact) mass is 573 g/mol. The maximum atomic E-state index is 14.0. The molecule has 3 N–H and O–H groups in total. The first kappa shape index (κ1) is 28.8. The van der Waals surface area contributed by atoms with Crippen LogP contribution in [0.3, 0.4) is 0 Å². The van der Waals surface area contributed by atoms with E-state index >= 15 is 0 Å². The van der Waals surface area contributed by atoms with E-state index < -0.39 is 28.2 Å². The van der Waals surface area contributed by atoms with Crippen LogP contribution in [0.4, 0.5) is 0 Å². The van der Waals surface area contributed by atoms with Crippen LogP contribution in [-0.2, 0) is 14.4 Å². The molecule has 35 heavy (non-hydrogen) atoms. The van der Waals surface area contributed by atoms with Crippen molar-refractivity contribution in [2.24, 2.45) is 17.3 Å². The van der Waals surface area contributed by atoms with Crippen molar-refractivity contribution in [3.63, 3.8) is 0 Å². The van der Waals surface area contributed by atoms with E-state index in [-0.39, 0.29) is 39.8 Å². The first-order valence-electron chi connectivity index (χ1n) is 13.1. The molecule has 7 nitrogen and oxygen atoms in total. The molecule has 3 aliphatic heterocycles. The number of carbonyl (C=O) groups is 3. The Bertz CT molecular complexity index is 817. The van der Waals surface area contributed by atoms with Crippen LogP contribution < -0.4 is 10.6 Å². The third-order valence-electron chi connectivity index (χ3n) is 7.38. The normalized spacial score (nSPS) is 32.2. The number of aliphatic hydroxyl groups excluding tert-OH is 1. The van der Waals surface area contributed by atoms with Crippen molar-refractivity contribution in [3.05, 3.63) is 0 Å². The van der Waals surface area contributed by atoms with Gasteiger partial charge in [-0.2, -0.15) is 0 Å². The number of nitrogens with zero attached hydrogens (tertiary/aromatic N) is 1. The van der Waals surface area contributed by atoms with Crippen LogP contribution >= 0.6 is 27.7 Å². The number of halogens is 1. The van der Waals surface area contributed by atoms with Gasteiger partial charge in [0.05, 0.1) is 16.6 Å². The van der Waals surface area contributed by atoms with E-state index in [1.807, 2.05) is 20.8 Å². The third-order valence-corrected chi connectivity index (χ3v) is 10.6. The minimum absolute atomic E-state index is 0.0183. The second-order valence-corrected chi connectivity index (χ2v) is 15.1. The average Bonchev–Trinajstić information content (AvgIpc) is 3.30. The van der Waals surface area contributed by atoms with E-state index in [9.17, 15) is 19.5 Å². The maximum Gasteiger partial charge on any atom is 0.244 e. The first-order valence-corrected chi connectivity index (χ1v) is 14.9. The Balaban J connectivity index is 1.94. The molecular weight excluding hydrogens is 530 g/mol. The summed E-state index contributed by atoms with van der Waals surface area (Å²) in [5.74, 6) is -1.16. The number of nitrogens with one attached hydrogen (secondary N) is 2. The van der Waals surface area contributed by atoms with Gasteiger partial charge in [0.25, 0.3) is 0 Å². The Kier molecular flexibility index (Phi) is 8.96. The predicted octanol–water partition coefficient (Wildman–Crippen LogP) is 3.47. The van der Waals surface area contributed by atoms with Gasteiger partial charge in [-0.25, -0.2) is 0 Å². The van der Waals surface area contributed by atoms with E-state index in [0.29, 0.717) is 25.9 Å². The summed E-state index contributed by atoms with van der Waals surface area (Å²) >= 11 is 5.49. The molecule has 0 aromatic carbocycles. The largest absolute Gasteiger partial charge is 0.396 e. The van der Waals surface area contributed by atoms with Crippen LogP contribution in [0.25, 0.3) is 0 Å². The summed E-state index contributed by atoms with van der Waals surface area (Å²) < 4.78 is -0.608. The lowest BCUT2D eigenvalue weighted by Crippen LogP contribution is -2.58. The average molecular weight is 575 g/mol. The number of aliphatic hydroxyl groups is 1. The zero-order valence-electron chi connectivity index (χ0n) is 22.2. The Hall–Kier alpha value is -0.800. The molecule has 9 heteroatoms. The van der Waals surface area contributed by atoms with Crippen LogP contribution in [0.15, 0.2) is 0 Å². The van der Waals surface area contributed by atoms with E-state index in [2.05, 4.69) is 47.3 Å². The van der Waals surface area contributed by atoms with Crippen molar-refractivity contribution in [2.45, 2.75) is 106 Å². The molecule has 3 saturated heterocycles. The molecule has 0 aromatic heterocycles. The maximum absolute atomic E-state index is 14.0. The highest BCUT2D eigenvalue weighted by Gasteiger charge is 2.75. The van der Waals surface area contributed by atoms with Gasteiger partial charge in [-0.3, -0.25) is 14.4 Å². The summed E-state index contributed by atoms with van der Waals surface area (Å²) in [7, 11) is 0. The molecule has 0 aromatic rings. The van der Waals surface area contributed by atoms with Crippen LogP contribution in [0.2, 0.25) is 0 Å². The third kappa shape index (κ3) is 5.87. The number of likely N-dealkylation sites (tertiary alicyclic amines) is 1. The van der Waals surface area contributed by atoms with Crippen LogP contribution in [0.1, 0.15) is 80.1 Å². The fraction of sp³-hybridized carbons (Fsp3) is 0.885. The highest BCUT2D eigenvalue weighted by atomic mass is 79.9. The van der Waals surface area contributed by atoms with Crippen molar-refractivity contribution in [2.75, 3.05) is 19.7 Å². The van der Waals surface area contributed by atoms with Crippen molar-refractivity contribution in [1.29, 1.82) is 0 Å². The van der Waals surface area contributed by atoms with E-state index in [4.69, 9.17) is 0 Å². The highest BCUT2D eigenvalue weighted by molar-refractivity contribution is 9.09. The van der Waals surface area contributed by atoms with Gasteiger partial charge in [-0.15, -0.1) is 11.8 Å². The van der Waals surface area contributed by atoms with E-state index in [1.165, 1.54) is 0 Å². The number of thioether (sulfide) groups is 1. The van der Waals surface area contributed by atoms with Crippen LogP contribution in [0, 0.1) is 17.3 Å². The summed E-state index contributed by atoms with van der Waals surface area (Å²) in [6, 6.07) is -0.604. The van der Waals surface area contributed by atoms with Crippen LogP contribution in [0.5, 0.6) is 0 Å². The molecule has 3 rings (SSSR count). The number of hydrogen-bond donors (Lipinski definition) is 3. The number of alkyl halides is 1. The first-order chi connectivity index (χ1) is 16.3. The summed E-state index contributed by atoms with van der Waals surface area (Å²) in [5, 5.41) is 15.5. The van der Waals surface area contributed by atoms with Crippen molar-refractivity contribution >= 4 is 45.4 Å². The lowest BCUT2D eigenvalue weighted by molar-refractivity contribution is -0.140. The molecule has 3 unspecified atom stereocenters. The molecule has 3 heterocycles. The van der Waals surface area contributed by atoms with Gasteiger partial charge in [0.2, 0.25) is 17.7 Å².